The number of nitrogens with zero attached hydrogens (tertiary/aromatic N) is 4. The summed E-state index contributed by atoms with van der Waals surface area (Å²) < 4.78 is 28.2. The fraction of sp³-hybridized carbons (Fsp3) is 0.462. The fourth-order valence-corrected chi connectivity index (χ4v) is 4.36. The summed E-state index contributed by atoms with van der Waals surface area (Å²) in [7, 11) is -0.186. The largest absolute Gasteiger partial charge is 0.353 e. The molecule has 6 nitrogen and oxygen atoms in total. The lowest BCUT2D eigenvalue weighted by molar-refractivity contribution is 0.355. The first-order valence-corrected chi connectivity index (χ1v) is 9.02. The molecule has 0 N–H and O–H groups in total. The van der Waals surface area contributed by atoms with Crippen molar-refractivity contribution in [3.8, 4) is 0 Å². The molecule has 0 bridgehead atoms. The van der Waals surface area contributed by atoms with Crippen molar-refractivity contribution in [1.29, 1.82) is 0 Å². The third-order valence-electron chi connectivity index (χ3n) is 3.68. The maximum absolute atomic E-state index is 12.1. The molecule has 0 spiro atoms. The van der Waals surface area contributed by atoms with Gasteiger partial charge in [0, 0.05) is 56.6 Å². The van der Waals surface area contributed by atoms with Crippen molar-refractivity contribution in [2.45, 2.75) is 0 Å². The Bertz CT molecular complexity index is 733. The van der Waals surface area contributed by atoms with Crippen molar-refractivity contribution in [2.24, 2.45) is 0 Å². The van der Waals surface area contributed by atoms with E-state index >= 15 is 0 Å². The van der Waals surface area contributed by atoms with Crippen LogP contribution >= 0.6 is 11.3 Å². The Balaban J connectivity index is 1.79. The van der Waals surface area contributed by atoms with Crippen LogP contribution < -0.4 is 4.90 Å². The van der Waals surface area contributed by atoms with Crippen LogP contribution in [-0.2, 0) is 10.2 Å². The molecule has 0 aliphatic carbocycles. The van der Waals surface area contributed by atoms with E-state index in [0.29, 0.717) is 26.2 Å². The van der Waals surface area contributed by atoms with Gasteiger partial charge in [-0.3, -0.25) is 0 Å². The number of hydrogen-bond donors (Lipinski definition) is 0. The third-order valence-corrected chi connectivity index (χ3v) is 6.51. The van der Waals surface area contributed by atoms with E-state index in [9.17, 15) is 8.42 Å². The Labute approximate surface area is 128 Å². The summed E-state index contributed by atoms with van der Waals surface area (Å²) >= 11 is 1.69. The minimum Gasteiger partial charge on any atom is -0.353 e. The van der Waals surface area contributed by atoms with Crippen LogP contribution in [0.2, 0.25) is 0 Å². The summed E-state index contributed by atoms with van der Waals surface area (Å²) in [6, 6.07) is 4.08. The molecule has 114 valence electrons. The van der Waals surface area contributed by atoms with Crippen molar-refractivity contribution < 1.29 is 8.42 Å². The number of hydrogen-bond acceptors (Lipinski definition) is 5. The molecule has 0 amide bonds. The van der Waals surface area contributed by atoms with Crippen LogP contribution in [0.5, 0.6) is 0 Å². The van der Waals surface area contributed by atoms with Crippen LogP contribution in [0.3, 0.4) is 0 Å². The second kappa shape index (κ2) is 5.53. The van der Waals surface area contributed by atoms with Crippen LogP contribution in [0.4, 0.5) is 5.82 Å². The average Bonchev–Trinajstić information content (AvgIpc) is 2.95. The number of thiophene rings is 1. The van der Waals surface area contributed by atoms with Gasteiger partial charge in [0.05, 0.1) is 0 Å². The molecule has 2 aromatic heterocycles. The highest BCUT2D eigenvalue weighted by atomic mass is 32.2. The molecule has 0 saturated carbocycles. The number of rotatable bonds is 3. The standard InChI is InChI=1S/C13H18N4O2S2/c1-15(2)21(18,19)17-8-6-16(7-9-17)13-11-4-10-20-12(11)3-5-14-13/h3-5,10H,6-9H2,1-2H3. The van der Waals surface area contributed by atoms with Gasteiger partial charge in [0.25, 0.3) is 10.2 Å². The molecule has 1 aliphatic heterocycles. The molecule has 0 unspecified atom stereocenters. The lowest BCUT2D eigenvalue weighted by Crippen LogP contribution is -2.51. The van der Waals surface area contributed by atoms with Crippen molar-refractivity contribution >= 4 is 37.5 Å². The predicted molar refractivity (Wildman–Crippen MR) is 86.0 cm³/mol. The zero-order valence-electron chi connectivity index (χ0n) is 12.1. The minimum atomic E-state index is -3.32. The van der Waals surface area contributed by atoms with E-state index in [1.165, 1.54) is 13.3 Å². The average molecular weight is 326 g/mol. The number of fused-ring (bicyclic) bond motifs is 1. The van der Waals surface area contributed by atoms with Crippen molar-refractivity contribution in [1.82, 2.24) is 13.6 Å². The lowest BCUT2D eigenvalue weighted by Gasteiger charge is -2.35. The molecule has 0 radical (unpaired) electrons. The van der Waals surface area contributed by atoms with Crippen LogP contribution in [0.1, 0.15) is 0 Å². The first kappa shape index (κ1) is 14.7. The first-order chi connectivity index (χ1) is 10.00. The smallest absolute Gasteiger partial charge is 0.281 e. The summed E-state index contributed by atoms with van der Waals surface area (Å²) in [6.07, 6.45) is 1.82. The third kappa shape index (κ3) is 2.64. The highest BCUT2D eigenvalue weighted by Crippen LogP contribution is 2.29. The van der Waals surface area contributed by atoms with Crippen molar-refractivity contribution in [2.75, 3.05) is 45.2 Å². The van der Waals surface area contributed by atoms with E-state index in [2.05, 4.69) is 21.3 Å². The SMILES string of the molecule is CN(C)S(=O)(=O)N1CCN(c2nccc3sccc23)CC1. The van der Waals surface area contributed by atoms with Crippen LogP contribution in [0.15, 0.2) is 23.7 Å². The Morgan fingerprint density at radius 3 is 2.57 bits per heavy atom. The molecule has 1 fully saturated rings. The number of piperazine rings is 1. The van der Waals surface area contributed by atoms with Gasteiger partial charge in [-0.1, -0.05) is 0 Å². The van der Waals surface area contributed by atoms with Crippen LogP contribution in [0.25, 0.3) is 10.1 Å². The molecule has 0 aromatic carbocycles. The molecule has 3 rings (SSSR count). The minimum absolute atomic E-state index is 0.489. The fourth-order valence-electron chi connectivity index (χ4n) is 2.49. The maximum Gasteiger partial charge on any atom is 0.281 e. The summed E-state index contributed by atoms with van der Waals surface area (Å²) in [5.74, 6) is 0.954. The number of anilines is 1. The zero-order chi connectivity index (χ0) is 15.0. The lowest BCUT2D eigenvalue weighted by atomic mass is 10.2. The number of pyridine rings is 1. The van der Waals surface area contributed by atoms with Gasteiger partial charge < -0.3 is 4.90 Å². The molecule has 0 atom stereocenters. The summed E-state index contributed by atoms with van der Waals surface area (Å²) in [6.45, 7) is 2.30. The van der Waals surface area contributed by atoms with E-state index in [1.807, 2.05) is 12.3 Å². The first-order valence-electron chi connectivity index (χ1n) is 6.75. The predicted octanol–water partition coefficient (Wildman–Crippen LogP) is 1.22. The van der Waals surface area contributed by atoms with Gasteiger partial charge in [-0.25, -0.2) is 4.98 Å². The summed E-state index contributed by atoms with van der Waals surface area (Å²) in [4.78, 5) is 6.64. The Morgan fingerprint density at radius 1 is 1.19 bits per heavy atom. The zero-order valence-corrected chi connectivity index (χ0v) is 13.7. The van der Waals surface area contributed by atoms with E-state index in [4.69, 9.17) is 0 Å². The summed E-state index contributed by atoms with van der Waals surface area (Å²) in [5.41, 5.74) is 0. The Morgan fingerprint density at radius 2 is 1.90 bits per heavy atom. The highest BCUT2D eigenvalue weighted by Gasteiger charge is 2.29. The molecular formula is C13H18N4O2S2. The monoisotopic (exact) mass is 326 g/mol. The Kier molecular flexibility index (Phi) is 3.87. The summed E-state index contributed by atoms with van der Waals surface area (Å²) in [5, 5.41) is 3.20. The van der Waals surface area contributed by atoms with Gasteiger partial charge in [-0.15, -0.1) is 11.3 Å². The van der Waals surface area contributed by atoms with Gasteiger partial charge in [0.1, 0.15) is 5.82 Å². The topological polar surface area (TPSA) is 56.8 Å². The van der Waals surface area contributed by atoms with E-state index in [-0.39, 0.29) is 0 Å². The maximum atomic E-state index is 12.1. The van der Waals surface area contributed by atoms with Crippen LogP contribution in [-0.4, -0.2) is 62.3 Å². The molecule has 1 aliphatic rings. The van der Waals surface area contributed by atoms with E-state index in [1.54, 1.807) is 25.4 Å². The van der Waals surface area contributed by atoms with E-state index in [0.717, 1.165) is 11.2 Å². The molecule has 2 aromatic rings. The van der Waals surface area contributed by atoms with Crippen molar-refractivity contribution in [3.63, 3.8) is 0 Å². The van der Waals surface area contributed by atoms with Gasteiger partial charge in [-0.05, 0) is 17.5 Å². The van der Waals surface area contributed by atoms with Crippen LogP contribution in [0, 0.1) is 0 Å². The van der Waals surface area contributed by atoms with Gasteiger partial charge >= 0.3 is 0 Å². The highest BCUT2D eigenvalue weighted by molar-refractivity contribution is 7.86. The van der Waals surface area contributed by atoms with Gasteiger partial charge in [0.2, 0.25) is 0 Å². The quantitative estimate of drug-likeness (QED) is 0.851. The van der Waals surface area contributed by atoms with Gasteiger partial charge in [-0.2, -0.15) is 17.0 Å². The normalized spacial score (nSPS) is 17.8. The molecule has 1 saturated heterocycles. The molecule has 3 heterocycles. The Hall–Kier alpha value is -1.22. The molecular weight excluding hydrogens is 308 g/mol. The second-order valence-electron chi connectivity index (χ2n) is 5.14. The molecule has 21 heavy (non-hydrogen) atoms. The van der Waals surface area contributed by atoms with E-state index < -0.39 is 10.2 Å². The second-order valence-corrected chi connectivity index (χ2v) is 8.23. The van der Waals surface area contributed by atoms with Gasteiger partial charge in [0.15, 0.2) is 0 Å². The van der Waals surface area contributed by atoms with Crippen molar-refractivity contribution in [3.05, 3.63) is 23.7 Å². The number of aromatic nitrogens is 1. The molecule has 8 heteroatoms.